The van der Waals surface area contributed by atoms with Crippen LogP contribution in [0.5, 0.6) is 5.75 Å². The zero-order valence-corrected chi connectivity index (χ0v) is 8.86. The first-order valence-electron chi connectivity index (χ1n) is 5.14. The third kappa shape index (κ3) is 1.90. The summed E-state index contributed by atoms with van der Waals surface area (Å²) in [4.78, 5) is 2.22. The Morgan fingerprint density at radius 2 is 2.14 bits per heavy atom. The number of hydrogen-bond acceptors (Lipinski definition) is 2. The number of para-hydroxylation sites is 1. The van der Waals surface area contributed by atoms with Crippen LogP contribution in [0.4, 0.5) is 0 Å². The number of ether oxygens (including phenoxy) is 1. The quantitative estimate of drug-likeness (QED) is 0.725. The standard InChI is InChI=1S/C12H17NO/c1-13(2)8-7-10-9-14-12-6-4-3-5-11(10)12/h3-6,10H,7-9H2,1-2H3. The van der Waals surface area contributed by atoms with E-state index in [1.165, 1.54) is 12.0 Å². The Morgan fingerprint density at radius 1 is 1.36 bits per heavy atom. The van der Waals surface area contributed by atoms with Gasteiger partial charge >= 0.3 is 0 Å². The third-order valence-corrected chi connectivity index (χ3v) is 2.72. The molecular formula is C12H17NO. The summed E-state index contributed by atoms with van der Waals surface area (Å²) in [5.41, 5.74) is 1.38. The van der Waals surface area contributed by atoms with Gasteiger partial charge in [0.1, 0.15) is 5.75 Å². The molecule has 1 aromatic rings. The van der Waals surface area contributed by atoms with Crippen LogP contribution in [0.1, 0.15) is 17.9 Å². The molecule has 0 bridgehead atoms. The van der Waals surface area contributed by atoms with Crippen molar-refractivity contribution in [3.8, 4) is 5.75 Å². The molecule has 0 radical (unpaired) electrons. The molecule has 0 amide bonds. The second-order valence-corrected chi connectivity index (χ2v) is 4.14. The Morgan fingerprint density at radius 3 is 2.93 bits per heavy atom. The van der Waals surface area contributed by atoms with Crippen LogP contribution < -0.4 is 4.74 Å². The van der Waals surface area contributed by atoms with Crippen molar-refractivity contribution in [3.05, 3.63) is 29.8 Å². The molecule has 2 nitrogen and oxygen atoms in total. The third-order valence-electron chi connectivity index (χ3n) is 2.72. The first-order chi connectivity index (χ1) is 6.77. The minimum absolute atomic E-state index is 0.591. The lowest BCUT2D eigenvalue weighted by Gasteiger charge is -2.13. The van der Waals surface area contributed by atoms with Gasteiger partial charge < -0.3 is 9.64 Å². The predicted molar refractivity (Wildman–Crippen MR) is 57.8 cm³/mol. The first kappa shape index (κ1) is 9.53. The maximum Gasteiger partial charge on any atom is 0.122 e. The number of hydrogen-bond donors (Lipinski definition) is 0. The Kier molecular flexibility index (Phi) is 2.73. The fourth-order valence-corrected chi connectivity index (χ4v) is 1.88. The molecule has 0 fully saturated rings. The van der Waals surface area contributed by atoms with E-state index >= 15 is 0 Å². The van der Waals surface area contributed by atoms with Crippen molar-refractivity contribution in [1.29, 1.82) is 0 Å². The van der Waals surface area contributed by atoms with E-state index in [-0.39, 0.29) is 0 Å². The minimum Gasteiger partial charge on any atom is -0.493 e. The molecule has 0 N–H and O–H groups in total. The molecule has 0 saturated heterocycles. The van der Waals surface area contributed by atoms with Gasteiger partial charge in [0.25, 0.3) is 0 Å². The molecule has 1 aliphatic rings. The van der Waals surface area contributed by atoms with Crippen molar-refractivity contribution in [2.75, 3.05) is 27.2 Å². The number of nitrogens with zero attached hydrogens (tertiary/aromatic N) is 1. The maximum absolute atomic E-state index is 5.62. The van der Waals surface area contributed by atoms with Crippen molar-refractivity contribution in [2.24, 2.45) is 0 Å². The van der Waals surface area contributed by atoms with Crippen LogP contribution in [0.3, 0.4) is 0 Å². The van der Waals surface area contributed by atoms with Crippen LogP contribution in [-0.2, 0) is 0 Å². The van der Waals surface area contributed by atoms with Gasteiger partial charge in [0.15, 0.2) is 0 Å². The van der Waals surface area contributed by atoms with Crippen molar-refractivity contribution < 1.29 is 4.74 Å². The highest BCUT2D eigenvalue weighted by molar-refractivity contribution is 5.39. The van der Waals surface area contributed by atoms with Crippen molar-refractivity contribution in [2.45, 2.75) is 12.3 Å². The maximum atomic E-state index is 5.62. The second kappa shape index (κ2) is 4.01. The van der Waals surface area contributed by atoms with Gasteiger partial charge in [-0.1, -0.05) is 18.2 Å². The van der Waals surface area contributed by atoms with E-state index in [0.717, 1.165) is 18.9 Å². The summed E-state index contributed by atoms with van der Waals surface area (Å²) in [6.45, 7) is 1.98. The lowest BCUT2D eigenvalue weighted by atomic mass is 9.98. The SMILES string of the molecule is CN(C)CCC1COc2ccccc21. The van der Waals surface area contributed by atoms with Gasteiger partial charge in [-0.15, -0.1) is 0 Å². The zero-order valence-electron chi connectivity index (χ0n) is 8.86. The first-order valence-corrected chi connectivity index (χ1v) is 5.14. The summed E-state index contributed by atoms with van der Waals surface area (Å²) in [7, 11) is 4.23. The van der Waals surface area contributed by atoms with Gasteiger partial charge in [-0.25, -0.2) is 0 Å². The minimum atomic E-state index is 0.591. The molecule has 0 aromatic heterocycles. The van der Waals surface area contributed by atoms with E-state index in [1.807, 2.05) is 6.07 Å². The number of benzene rings is 1. The molecule has 1 aromatic carbocycles. The van der Waals surface area contributed by atoms with Crippen LogP contribution in [-0.4, -0.2) is 32.1 Å². The van der Waals surface area contributed by atoms with E-state index in [2.05, 4.69) is 37.2 Å². The average molecular weight is 191 g/mol. The van der Waals surface area contributed by atoms with Crippen LogP contribution in [0.25, 0.3) is 0 Å². The topological polar surface area (TPSA) is 12.5 Å². The molecule has 1 heterocycles. The van der Waals surface area contributed by atoms with Gasteiger partial charge in [-0.2, -0.15) is 0 Å². The largest absolute Gasteiger partial charge is 0.493 e. The summed E-state index contributed by atoms with van der Waals surface area (Å²) < 4.78 is 5.62. The second-order valence-electron chi connectivity index (χ2n) is 4.14. The van der Waals surface area contributed by atoms with Crippen LogP contribution in [0.2, 0.25) is 0 Å². The van der Waals surface area contributed by atoms with Crippen molar-refractivity contribution in [1.82, 2.24) is 4.90 Å². The van der Waals surface area contributed by atoms with E-state index in [1.54, 1.807) is 0 Å². The molecule has 1 aliphatic heterocycles. The van der Waals surface area contributed by atoms with Gasteiger partial charge in [0.05, 0.1) is 6.61 Å². The van der Waals surface area contributed by atoms with Crippen molar-refractivity contribution in [3.63, 3.8) is 0 Å². The molecular weight excluding hydrogens is 174 g/mol. The summed E-state index contributed by atoms with van der Waals surface area (Å²) >= 11 is 0. The lowest BCUT2D eigenvalue weighted by molar-refractivity contribution is 0.306. The Labute approximate surface area is 85.5 Å². The summed E-state index contributed by atoms with van der Waals surface area (Å²) in [6.07, 6.45) is 1.18. The molecule has 0 saturated carbocycles. The van der Waals surface area contributed by atoms with E-state index in [4.69, 9.17) is 4.74 Å². The fourth-order valence-electron chi connectivity index (χ4n) is 1.88. The summed E-state index contributed by atoms with van der Waals surface area (Å²) in [5.74, 6) is 1.67. The fraction of sp³-hybridized carbons (Fsp3) is 0.500. The zero-order chi connectivity index (χ0) is 9.97. The van der Waals surface area contributed by atoms with Gasteiger partial charge in [-0.05, 0) is 33.1 Å². The van der Waals surface area contributed by atoms with E-state index in [0.29, 0.717) is 5.92 Å². The van der Waals surface area contributed by atoms with Crippen LogP contribution >= 0.6 is 0 Å². The van der Waals surface area contributed by atoms with Crippen LogP contribution in [0.15, 0.2) is 24.3 Å². The van der Waals surface area contributed by atoms with Gasteiger partial charge in [0, 0.05) is 11.5 Å². The number of fused-ring (bicyclic) bond motifs is 1. The van der Waals surface area contributed by atoms with Gasteiger partial charge in [-0.3, -0.25) is 0 Å². The molecule has 0 aliphatic carbocycles. The normalized spacial score (nSPS) is 19.5. The molecule has 1 atom stereocenters. The average Bonchev–Trinajstić information content (AvgIpc) is 2.58. The molecule has 0 spiro atoms. The van der Waals surface area contributed by atoms with E-state index < -0.39 is 0 Å². The summed E-state index contributed by atoms with van der Waals surface area (Å²) in [5, 5.41) is 0. The Bertz CT molecular complexity index is 309. The highest BCUT2D eigenvalue weighted by Gasteiger charge is 2.22. The monoisotopic (exact) mass is 191 g/mol. The lowest BCUT2D eigenvalue weighted by Crippen LogP contribution is -2.16. The van der Waals surface area contributed by atoms with E-state index in [9.17, 15) is 0 Å². The smallest absolute Gasteiger partial charge is 0.122 e. The predicted octanol–water partition coefficient (Wildman–Crippen LogP) is 2.11. The van der Waals surface area contributed by atoms with Crippen molar-refractivity contribution >= 4 is 0 Å². The molecule has 2 heteroatoms. The molecule has 1 unspecified atom stereocenters. The Hall–Kier alpha value is -1.02. The molecule has 14 heavy (non-hydrogen) atoms. The Balaban J connectivity index is 2.03. The molecule has 76 valence electrons. The highest BCUT2D eigenvalue weighted by atomic mass is 16.5. The highest BCUT2D eigenvalue weighted by Crippen LogP contribution is 2.35. The number of rotatable bonds is 3. The van der Waals surface area contributed by atoms with Gasteiger partial charge in [0.2, 0.25) is 0 Å². The van der Waals surface area contributed by atoms with Crippen LogP contribution in [0, 0.1) is 0 Å². The molecule has 2 rings (SSSR count). The summed E-state index contributed by atoms with van der Waals surface area (Å²) in [6, 6.07) is 8.37.